The average Bonchev–Trinajstić information content (AvgIpc) is 2.81. The summed E-state index contributed by atoms with van der Waals surface area (Å²) in [5, 5.41) is 27.5. The Morgan fingerprint density at radius 3 is 2.00 bits per heavy atom. The molecule has 0 saturated carbocycles. The van der Waals surface area contributed by atoms with Crippen LogP contribution in [0.5, 0.6) is 0 Å². The van der Waals surface area contributed by atoms with Gasteiger partial charge in [-0.2, -0.15) is 5.10 Å². The number of carboxylic acid groups (broad SMARTS) is 2. The zero-order chi connectivity index (χ0) is 12.4. The van der Waals surface area contributed by atoms with E-state index in [0.717, 1.165) is 6.07 Å². The molecule has 0 aliphatic rings. The Bertz CT molecular complexity index is 551. The molecule has 2 aromatic rings. The van der Waals surface area contributed by atoms with Crippen LogP contribution < -0.4 is 10.2 Å². The second-order valence-corrected chi connectivity index (χ2v) is 3.21. The Hall–Kier alpha value is -2.18. The summed E-state index contributed by atoms with van der Waals surface area (Å²) >= 11 is 0. The Kier molecular flexibility index (Phi) is 4.19. The second-order valence-electron chi connectivity index (χ2n) is 3.21. The first-order valence-corrected chi connectivity index (χ1v) is 4.51. The second kappa shape index (κ2) is 5.44. The number of H-pyrrole nitrogens is 1. The maximum atomic E-state index is 10.7. The van der Waals surface area contributed by atoms with E-state index in [9.17, 15) is 19.8 Å². The number of carbonyl (C=O) groups is 2. The van der Waals surface area contributed by atoms with Gasteiger partial charge in [-0.15, -0.1) is 0 Å². The molecular weight excluding hydrogens is 281 g/mol. The van der Waals surface area contributed by atoms with Gasteiger partial charge in [0, 0.05) is 5.56 Å². The van der Waals surface area contributed by atoms with Crippen molar-refractivity contribution in [1.82, 2.24) is 15.2 Å². The minimum Gasteiger partial charge on any atom is -0.545 e. The van der Waals surface area contributed by atoms with Crippen LogP contribution in [0.25, 0.3) is 11.4 Å². The van der Waals surface area contributed by atoms with Crippen LogP contribution in [-0.4, -0.2) is 27.1 Å². The summed E-state index contributed by atoms with van der Waals surface area (Å²) in [5.41, 5.74) is -0.250. The minimum atomic E-state index is -1.48. The molecule has 0 amide bonds. The Morgan fingerprint density at radius 2 is 1.61 bits per heavy atom. The van der Waals surface area contributed by atoms with Crippen LogP contribution in [0.2, 0.25) is 0 Å². The van der Waals surface area contributed by atoms with Crippen molar-refractivity contribution in [3.05, 3.63) is 35.7 Å². The van der Waals surface area contributed by atoms with Crippen LogP contribution >= 0.6 is 0 Å². The van der Waals surface area contributed by atoms with Gasteiger partial charge >= 0.3 is 17.1 Å². The molecule has 0 saturated heterocycles. The number of aromatic carboxylic acids is 2. The number of aromatic amines is 1. The van der Waals surface area contributed by atoms with Gasteiger partial charge in [-0.3, -0.25) is 5.10 Å². The minimum absolute atomic E-state index is 0. The smallest absolute Gasteiger partial charge is 0.545 e. The average molecular weight is 286 g/mol. The summed E-state index contributed by atoms with van der Waals surface area (Å²) in [6.45, 7) is 0. The molecule has 1 aromatic carbocycles. The van der Waals surface area contributed by atoms with Crippen LogP contribution in [-0.2, 0) is 17.1 Å². The SMILES string of the molecule is O=C([O-])c1cc(C(=O)[O-])cc(-c2ncn[nH]2)c1.[Mn+2]. The fraction of sp³-hybridized carbons (Fsp3) is 0. The van der Waals surface area contributed by atoms with Crippen LogP contribution in [0, 0.1) is 0 Å². The van der Waals surface area contributed by atoms with E-state index in [1.807, 2.05) is 0 Å². The topological polar surface area (TPSA) is 122 Å². The van der Waals surface area contributed by atoms with Crippen molar-refractivity contribution in [1.29, 1.82) is 0 Å². The van der Waals surface area contributed by atoms with E-state index in [-0.39, 0.29) is 39.6 Å². The third-order valence-corrected chi connectivity index (χ3v) is 2.09. The molecule has 1 radical (unpaired) electrons. The zero-order valence-electron chi connectivity index (χ0n) is 8.71. The number of hydrogen-bond donors (Lipinski definition) is 1. The molecule has 2 rings (SSSR count). The van der Waals surface area contributed by atoms with Crippen LogP contribution in [0.4, 0.5) is 0 Å². The van der Waals surface area contributed by atoms with Gasteiger partial charge in [0.1, 0.15) is 6.33 Å². The molecule has 0 spiro atoms. The van der Waals surface area contributed by atoms with Crippen LogP contribution in [0.15, 0.2) is 24.5 Å². The number of benzene rings is 1. The van der Waals surface area contributed by atoms with Gasteiger partial charge in [-0.05, 0) is 29.3 Å². The molecule has 8 heteroatoms. The van der Waals surface area contributed by atoms with E-state index in [0.29, 0.717) is 0 Å². The van der Waals surface area contributed by atoms with E-state index in [1.165, 1.54) is 18.5 Å². The quantitative estimate of drug-likeness (QED) is 0.664. The standard InChI is InChI=1S/C10H7N3O4.Mn/c14-9(15)6-1-5(8-11-4-12-13-8)2-7(3-6)10(16)17;/h1-4H,(H,14,15)(H,16,17)(H,11,12,13);/q;+2/p-2. The summed E-state index contributed by atoms with van der Waals surface area (Å²) in [7, 11) is 0. The molecule has 0 aliphatic heterocycles. The predicted octanol–water partition coefficient (Wildman–Crippen LogP) is -1.80. The fourth-order valence-electron chi connectivity index (χ4n) is 1.34. The first-order valence-electron chi connectivity index (χ1n) is 4.51. The maximum absolute atomic E-state index is 10.7. The number of rotatable bonds is 3. The van der Waals surface area contributed by atoms with Gasteiger partial charge in [0.2, 0.25) is 0 Å². The predicted molar refractivity (Wildman–Crippen MR) is 50.5 cm³/mol. The van der Waals surface area contributed by atoms with Gasteiger partial charge in [0.25, 0.3) is 0 Å². The van der Waals surface area contributed by atoms with E-state index in [4.69, 9.17) is 0 Å². The van der Waals surface area contributed by atoms with E-state index < -0.39 is 11.9 Å². The van der Waals surface area contributed by atoms with Gasteiger partial charge < -0.3 is 19.8 Å². The van der Waals surface area contributed by atoms with Crippen molar-refractivity contribution in [3.8, 4) is 11.4 Å². The van der Waals surface area contributed by atoms with Gasteiger partial charge in [-0.25, -0.2) is 4.98 Å². The molecule has 0 aliphatic carbocycles. The number of carboxylic acids is 2. The third kappa shape index (κ3) is 2.73. The fourth-order valence-corrected chi connectivity index (χ4v) is 1.34. The van der Waals surface area contributed by atoms with Crippen molar-refractivity contribution in [2.24, 2.45) is 0 Å². The van der Waals surface area contributed by atoms with Gasteiger partial charge in [0.05, 0.1) is 11.9 Å². The molecule has 1 N–H and O–H groups in total. The number of hydrogen-bond acceptors (Lipinski definition) is 6. The largest absolute Gasteiger partial charge is 2.00 e. The van der Waals surface area contributed by atoms with Crippen LogP contribution in [0.1, 0.15) is 20.7 Å². The van der Waals surface area contributed by atoms with Crippen molar-refractivity contribution in [2.45, 2.75) is 0 Å². The third-order valence-electron chi connectivity index (χ3n) is 2.09. The number of aromatic nitrogens is 3. The molecule has 0 fully saturated rings. The van der Waals surface area contributed by atoms with Crippen LogP contribution in [0.3, 0.4) is 0 Å². The summed E-state index contributed by atoms with van der Waals surface area (Å²) in [5.74, 6) is -2.70. The first kappa shape index (κ1) is 13.9. The molecule has 0 atom stereocenters. The van der Waals surface area contributed by atoms with Gasteiger partial charge in [-0.1, -0.05) is 0 Å². The van der Waals surface area contributed by atoms with E-state index >= 15 is 0 Å². The van der Waals surface area contributed by atoms with E-state index in [1.54, 1.807) is 0 Å². The number of carbonyl (C=O) groups excluding carboxylic acids is 2. The summed E-state index contributed by atoms with van der Waals surface area (Å²) in [6, 6.07) is 3.44. The molecule has 0 bridgehead atoms. The monoisotopic (exact) mass is 286 g/mol. The van der Waals surface area contributed by atoms with E-state index in [2.05, 4.69) is 15.2 Å². The van der Waals surface area contributed by atoms with Crippen molar-refractivity contribution >= 4 is 11.9 Å². The molecule has 18 heavy (non-hydrogen) atoms. The number of nitrogens with one attached hydrogen (secondary N) is 1. The number of nitrogens with zero attached hydrogens (tertiary/aromatic N) is 2. The Balaban J connectivity index is 0.00000162. The van der Waals surface area contributed by atoms with Crippen molar-refractivity contribution in [3.63, 3.8) is 0 Å². The summed E-state index contributed by atoms with van der Waals surface area (Å²) in [6.07, 6.45) is 1.22. The molecule has 1 heterocycles. The van der Waals surface area contributed by atoms with Gasteiger partial charge in [0.15, 0.2) is 5.82 Å². The molecule has 0 unspecified atom stereocenters. The Labute approximate surface area is 111 Å². The maximum Gasteiger partial charge on any atom is 2.00 e. The Morgan fingerprint density at radius 1 is 1.06 bits per heavy atom. The first-order chi connectivity index (χ1) is 8.08. The molecule has 91 valence electrons. The molecule has 7 nitrogen and oxygen atoms in total. The van der Waals surface area contributed by atoms with Crippen molar-refractivity contribution in [2.75, 3.05) is 0 Å². The molecule has 1 aromatic heterocycles. The normalized spacial score (nSPS) is 9.56. The zero-order valence-corrected chi connectivity index (χ0v) is 9.90. The molecular formula is C10H5MnN3O4. The van der Waals surface area contributed by atoms with Crippen molar-refractivity contribution < 1.29 is 36.9 Å². The summed E-state index contributed by atoms with van der Waals surface area (Å²) < 4.78 is 0. The summed E-state index contributed by atoms with van der Waals surface area (Å²) in [4.78, 5) is 25.2.